The van der Waals surface area contributed by atoms with Gasteiger partial charge in [-0.05, 0) is 53.6 Å². The van der Waals surface area contributed by atoms with E-state index < -0.39 is 11.0 Å². The van der Waals surface area contributed by atoms with Crippen molar-refractivity contribution in [3.05, 3.63) is 0 Å². The second kappa shape index (κ2) is 6.88. The number of carbonyl (C=O) groups excluding carboxylic acids is 2. The van der Waals surface area contributed by atoms with Gasteiger partial charge in [-0.15, -0.1) is 0 Å². The molecule has 3 atom stereocenters. The normalized spacial score (nSPS) is 30.8. The Bertz CT molecular complexity index is 473. The van der Waals surface area contributed by atoms with Gasteiger partial charge in [0.1, 0.15) is 5.60 Å². The molecule has 7 heteroatoms. The van der Waals surface area contributed by atoms with Crippen molar-refractivity contribution in [3.63, 3.8) is 0 Å². The zero-order valence-corrected chi connectivity index (χ0v) is 15.5. The summed E-state index contributed by atoms with van der Waals surface area (Å²) in [7, 11) is 3.46. The summed E-state index contributed by atoms with van der Waals surface area (Å²) in [5, 5.41) is 0. The number of hydrogen-bond donors (Lipinski definition) is 1. The molecule has 7 nitrogen and oxygen atoms in total. The van der Waals surface area contributed by atoms with E-state index in [9.17, 15) is 9.59 Å². The molecule has 138 valence electrons. The van der Waals surface area contributed by atoms with Crippen LogP contribution < -0.4 is 5.73 Å². The van der Waals surface area contributed by atoms with Gasteiger partial charge >= 0.3 is 12.1 Å². The van der Waals surface area contributed by atoms with Crippen molar-refractivity contribution in [3.8, 4) is 0 Å². The molecular weight excluding hydrogens is 310 g/mol. The van der Waals surface area contributed by atoms with E-state index in [4.69, 9.17) is 15.2 Å². The van der Waals surface area contributed by atoms with Crippen LogP contribution in [0, 0.1) is 5.41 Å². The van der Waals surface area contributed by atoms with Gasteiger partial charge in [0.25, 0.3) is 0 Å². The summed E-state index contributed by atoms with van der Waals surface area (Å²) in [5.74, 6) is -0.212. The molecular formula is C17H31N3O4. The Morgan fingerprint density at radius 1 is 1.21 bits per heavy atom. The fourth-order valence-electron chi connectivity index (χ4n) is 4.16. The highest BCUT2D eigenvalue weighted by Gasteiger charge is 2.53. The van der Waals surface area contributed by atoms with Gasteiger partial charge in [-0.25, -0.2) is 4.79 Å². The van der Waals surface area contributed by atoms with E-state index in [2.05, 4.69) is 4.90 Å². The maximum absolute atomic E-state index is 12.7. The average molecular weight is 341 g/mol. The Morgan fingerprint density at radius 3 is 2.17 bits per heavy atom. The third-order valence-corrected chi connectivity index (χ3v) is 4.93. The number of piperazine rings is 1. The zero-order chi connectivity index (χ0) is 18.1. The minimum atomic E-state index is -0.599. The highest BCUT2D eigenvalue weighted by Crippen LogP contribution is 2.44. The number of piperidine rings is 1. The average Bonchev–Trinajstić information content (AvgIpc) is 2.43. The number of carbonyl (C=O) groups is 2. The molecule has 0 aliphatic carbocycles. The first-order chi connectivity index (χ1) is 11.1. The van der Waals surface area contributed by atoms with Gasteiger partial charge in [-0.1, -0.05) is 0 Å². The smallest absolute Gasteiger partial charge is 0.410 e. The lowest BCUT2D eigenvalue weighted by Gasteiger charge is -2.54. The molecule has 0 spiro atoms. The zero-order valence-electron chi connectivity index (χ0n) is 15.5. The lowest BCUT2D eigenvalue weighted by molar-refractivity contribution is -0.162. The first kappa shape index (κ1) is 19.0. The van der Waals surface area contributed by atoms with Crippen molar-refractivity contribution >= 4 is 12.1 Å². The number of nitrogens with two attached hydrogens (primary N) is 1. The van der Waals surface area contributed by atoms with Crippen molar-refractivity contribution in [1.29, 1.82) is 0 Å². The van der Waals surface area contributed by atoms with Crippen molar-refractivity contribution in [2.24, 2.45) is 11.1 Å². The molecule has 0 unspecified atom stereocenters. The minimum absolute atomic E-state index is 0.0667. The number of rotatable bonds is 3. The highest BCUT2D eigenvalue weighted by atomic mass is 16.6. The van der Waals surface area contributed by atoms with Gasteiger partial charge in [0.05, 0.1) is 12.5 Å². The van der Waals surface area contributed by atoms with Crippen molar-refractivity contribution in [1.82, 2.24) is 9.80 Å². The predicted octanol–water partition coefficient (Wildman–Crippen LogP) is 1.21. The van der Waals surface area contributed by atoms with E-state index >= 15 is 0 Å². The number of likely N-dealkylation sites (N-methyl/N-ethyl adjacent to an activating group) is 1. The Hall–Kier alpha value is -1.34. The number of hydrogen-bond acceptors (Lipinski definition) is 6. The van der Waals surface area contributed by atoms with Gasteiger partial charge in [-0.3, -0.25) is 9.69 Å². The third kappa shape index (κ3) is 3.83. The number of amides is 1. The summed E-state index contributed by atoms with van der Waals surface area (Å²) in [4.78, 5) is 29.2. The van der Waals surface area contributed by atoms with Crippen LogP contribution >= 0.6 is 0 Å². The number of fused-ring (bicyclic) bond motifs is 2. The molecule has 0 aromatic rings. The van der Waals surface area contributed by atoms with E-state index in [-0.39, 0.29) is 24.1 Å². The number of likely N-dealkylation sites (tertiary alicyclic amines) is 1. The fourth-order valence-corrected chi connectivity index (χ4v) is 4.16. The summed E-state index contributed by atoms with van der Waals surface area (Å²) < 4.78 is 10.7. The molecule has 2 aliphatic heterocycles. The second-order valence-corrected chi connectivity index (χ2v) is 8.14. The fraction of sp³-hybridized carbons (Fsp3) is 0.882. The number of esters is 1. The topological polar surface area (TPSA) is 85.1 Å². The molecule has 0 aromatic carbocycles. The largest absolute Gasteiger partial charge is 0.469 e. The quantitative estimate of drug-likeness (QED) is 0.777. The van der Waals surface area contributed by atoms with E-state index in [0.717, 1.165) is 13.1 Å². The monoisotopic (exact) mass is 341 g/mol. The van der Waals surface area contributed by atoms with E-state index in [1.165, 1.54) is 7.11 Å². The second-order valence-electron chi connectivity index (χ2n) is 8.14. The molecule has 2 bridgehead atoms. The van der Waals surface area contributed by atoms with Gasteiger partial charge in [0, 0.05) is 25.2 Å². The predicted molar refractivity (Wildman–Crippen MR) is 90.5 cm³/mol. The maximum atomic E-state index is 12.7. The van der Waals surface area contributed by atoms with Gasteiger partial charge in [0.15, 0.2) is 0 Å². The summed E-state index contributed by atoms with van der Waals surface area (Å²) in [5.41, 5.74) is 4.63. The first-order valence-electron chi connectivity index (χ1n) is 8.60. The standard InChI is InChI=1S/C17H31N3O4/c1-16(2,3)24-15(22)20-12-8-17(6-7-18,14(21)23-5)9-13(20)11-19(4)10-12/h12-13H,6-11,18H2,1-5H3/t12-,13+,17-. The van der Waals surface area contributed by atoms with E-state index in [1.54, 1.807) is 0 Å². The van der Waals surface area contributed by atoms with Gasteiger partial charge in [0.2, 0.25) is 0 Å². The molecule has 0 saturated carbocycles. The van der Waals surface area contributed by atoms with Crippen molar-refractivity contribution < 1.29 is 19.1 Å². The molecule has 2 aliphatic rings. The van der Waals surface area contributed by atoms with Crippen LogP contribution in [0.4, 0.5) is 4.79 Å². The van der Waals surface area contributed by atoms with E-state index in [0.29, 0.717) is 25.8 Å². The molecule has 0 aromatic heterocycles. The number of ether oxygens (including phenoxy) is 2. The van der Waals surface area contributed by atoms with Crippen molar-refractivity contribution in [2.75, 3.05) is 33.8 Å². The lowest BCUT2D eigenvalue weighted by atomic mass is 9.68. The molecule has 2 saturated heterocycles. The van der Waals surface area contributed by atoms with Crippen LogP contribution in [-0.2, 0) is 14.3 Å². The van der Waals surface area contributed by atoms with Crippen LogP contribution in [0.5, 0.6) is 0 Å². The van der Waals surface area contributed by atoms with Crippen LogP contribution in [0.25, 0.3) is 0 Å². The number of nitrogens with zero attached hydrogens (tertiary/aromatic N) is 2. The summed E-state index contributed by atoms with van der Waals surface area (Å²) >= 11 is 0. The molecule has 2 N–H and O–H groups in total. The first-order valence-corrected chi connectivity index (χ1v) is 8.60. The van der Waals surface area contributed by atoms with Gasteiger partial charge in [-0.2, -0.15) is 0 Å². The molecule has 2 heterocycles. The van der Waals surface area contributed by atoms with Crippen LogP contribution in [-0.4, -0.2) is 73.3 Å². The minimum Gasteiger partial charge on any atom is -0.469 e. The Morgan fingerprint density at radius 2 is 1.75 bits per heavy atom. The SMILES string of the molecule is COC(=O)[C@@]1(CCN)C[C@H]2CN(C)C[C@@H](C1)N2C(=O)OC(C)(C)C. The molecule has 2 fully saturated rings. The number of methoxy groups -OCH3 is 1. The van der Waals surface area contributed by atoms with Crippen LogP contribution in [0.3, 0.4) is 0 Å². The maximum Gasteiger partial charge on any atom is 0.410 e. The molecule has 0 radical (unpaired) electrons. The third-order valence-electron chi connectivity index (χ3n) is 4.93. The Kier molecular flexibility index (Phi) is 5.44. The molecule has 24 heavy (non-hydrogen) atoms. The van der Waals surface area contributed by atoms with Gasteiger partial charge < -0.3 is 20.1 Å². The lowest BCUT2D eigenvalue weighted by Crippen LogP contribution is -2.66. The van der Waals surface area contributed by atoms with Crippen molar-refractivity contribution in [2.45, 2.75) is 57.7 Å². The molecule has 2 rings (SSSR count). The molecule has 1 amide bonds. The summed E-state index contributed by atoms with van der Waals surface area (Å²) in [6.07, 6.45) is 1.42. The van der Waals surface area contributed by atoms with Crippen LogP contribution in [0.1, 0.15) is 40.0 Å². The van der Waals surface area contributed by atoms with E-state index in [1.807, 2.05) is 32.7 Å². The van der Waals surface area contributed by atoms with Crippen LogP contribution in [0.15, 0.2) is 0 Å². The Labute approximate surface area is 144 Å². The summed E-state index contributed by atoms with van der Waals surface area (Å²) in [6.45, 7) is 7.46. The van der Waals surface area contributed by atoms with Crippen LogP contribution in [0.2, 0.25) is 0 Å². The highest BCUT2D eigenvalue weighted by molar-refractivity contribution is 5.78. The Balaban J connectivity index is 2.27. The summed E-state index contributed by atoms with van der Waals surface area (Å²) in [6, 6.07) is -0.133.